The van der Waals surface area contributed by atoms with E-state index in [-0.39, 0.29) is 18.9 Å². The molecule has 3 heterocycles. The number of aliphatic hydroxyl groups excluding tert-OH is 11. The minimum Gasteiger partial charge on any atom is -0.394 e. The molecule has 0 bridgehead atoms. The first-order valence-electron chi connectivity index (χ1n) is 40.4. The van der Waals surface area contributed by atoms with Crippen molar-refractivity contribution in [2.45, 2.75) is 369 Å². The van der Waals surface area contributed by atoms with Gasteiger partial charge in [0.25, 0.3) is 0 Å². The third-order valence-corrected chi connectivity index (χ3v) is 19.2. The van der Waals surface area contributed by atoms with E-state index in [1.165, 1.54) is 122 Å². The molecule has 0 aromatic rings. The number of ether oxygens (including phenoxy) is 6. The van der Waals surface area contributed by atoms with Crippen molar-refractivity contribution in [2.75, 3.05) is 26.4 Å². The number of carbonyl (C=O) groups excluding carboxylic acids is 1. The fourth-order valence-electron chi connectivity index (χ4n) is 12.7. The number of carbonyl (C=O) groups is 1. The van der Waals surface area contributed by atoms with Crippen LogP contribution < -0.4 is 5.32 Å². The summed E-state index contributed by atoms with van der Waals surface area (Å²) >= 11 is 0. The molecule has 3 saturated heterocycles. The Bertz CT molecular complexity index is 2400. The second kappa shape index (κ2) is 63.8. The summed E-state index contributed by atoms with van der Waals surface area (Å²) in [5.41, 5.74) is 0. The van der Waals surface area contributed by atoms with Gasteiger partial charge in [-0.25, -0.2) is 0 Å². The lowest BCUT2D eigenvalue weighted by atomic mass is 9.96. The van der Waals surface area contributed by atoms with E-state index >= 15 is 0 Å². The second-order valence-electron chi connectivity index (χ2n) is 28.1. The Kier molecular flexibility index (Phi) is 57.8. The van der Waals surface area contributed by atoms with E-state index in [0.29, 0.717) is 12.8 Å². The summed E-state index contributed by atoms with van der Waals surface area (Å²) in [6, 6.07) is -1.00. The average molecular weight is 1470 g/mol. The highest BCUT2D eigenvalue weighted by atomic mass is 16.8. The molecule has 3 aliphatic heterocycles. The monoisotopic (exact) mass is 1470 g/mol. The standard InChI is InChI=1S/C85H143NO18/c1-3-5-7-9-11-13-15-17-19-21-23-25-26-27-28-29-30-31-32-33-34-35-36-37-38-39-40-41-42-43-45-47-49-51-53-55-57-59-61-63-73(91)86-68(69(90)62-60-58-56-54-52-50-48-46-44-24-22-20-18-16-14-12-10-8-6-4-2)67-99-83-79(97)76(94)81(71(65-88)101-83)104-85-80(98)77(95)82(72(66-89)102-85)103-84-78(96)75(93)74(92)70(64-87)100-84/h5,7,11,13,17,19,23,25,27-28,30-31,33-34,36-37,39-40,52,54,60,62,68-72,74-85,87-90,92-98H,3-4,6,8-10,12,14-16,18,20-22,24,26,29,32,35,38,41-51,53,55-59,61,63-67H2,1-2H3,(H,86,91)/b7-5-,13-11-,19-17-,25-23-,28-27-,31-30-,34-33-,37-36-,40-39-,54-52+,62-60+. The predicted molar refractivity (Wildman–Crippen MR) is 415 cm³/mol. The zero-order valence-electron chi connectivity index (χ0n) is 63.7. The number of amides is 1. The molecule has 19 heteroatoms. The number of hydrogen-bond acceptors (Lipinski definition) is 18. The maximum absolute atomic E-state index is 13.5. The topological polar surface area (TPSA) is 307 Å². The van der Waals surface area contributed by atoms with Crippen molar-refractivity contribution < 1.29 is 89.4 Å². The summed E-state index contributed by atoms with van der Waals surface area (Å²) in [5.74, 6) is -0.292. The van der Waals surface area contributed by atoms with Crippen LogP contribution in [-0.4, -0.2) is 193 Å². The molecular formula is C85H143NO18. The van der Waals surface area contributed by atoms with Gasteiger partial charge in [0.15, 0.2) is 18.9 Å². The molecule has 104 heavy (non-hydrogen) atoms. The maximum Gasteiger partial charge on any atom is 0.220 e. The zero-order chi connectivity index (χ0) is 75.3. The summed E-state index contributed by atoms with van der Waals surface area (Å²) in [5, 5.41) is 121. The molecule has 1 amide bonds. The highest BCUT2D eigenvalue weighted by Gasteiger charge is 2.54. The lowest BCUT2D eigenvalue weighted by Gasteiger charge is -2.48. The van der Waals surface area contributed by atoms with Gasteiger partial charge in [0.2, 0.25) is 5.91 Å². The number of hydrogen-bond donors (Lipinski definition) is 12. The Labute approximate surface area is 626 Å². The number of allylic oxidation sites excluding steroid dienone is 21. The van der Waals surface area contributed by atoms with Crippen LogP contribution in [0.5, 0.6) is 0 Å². The lowest BCUT2D eigenvalue weighted by Crippen LogP contribution is -2.66. The molecule has 19 nitrogen and oxygen atoms in total. The van der Waals surface area contributed by atoms with Crippen molar-refractivity contribution in [3.05, 3.63) is 134 Å². The first-order chi connectivity index (χ1) is 50.8. The van der Waals surface area contributed by atoms with Crippen LogP contribution in [-0.2, 0) is 33.2 Å². The lowest BCUT2D eigenvalue weighted by molar-refractivity contribution is -0.379. The number of nitrogens with one attached hydrogen (secondary N) is 1. The Morgan fingerprint density at radius 2 is 0.673 bits per heavy atom. The molecule has 0 aromatic heterocycles. The third kappa shape index (κ3) is 43.2. The Hall–Kier alpha value is -4.07. The van der Waals surface area contributed by atoms with Crippen molar-refractivity contribution >= 4 is 5.91 Å². The van der Waals surface area contributed by atoms with Crippen molar-refractivity contribution in [2.24, 2.45) is 0 Å². The molecule has 0 spiro atoms. The normalized spacial score (nSPS) is 26.6. The minimum atomic E-state index is -1.99. The SMILES string of the molecule is CC/C=C\C/C=C\C/C=C\C/C=C\C/C=C\C/C=C\C/C=C\C/C=C\C/C=C\CCCCCCCCCCCCCC(=O)NC(COC1OC(CO)C(OC2OC(CO)C(OC3OC(CO)C(O)C(O)C3O)C(O)C2O)C(O)C1O)C(O)/C=C/CC/C=C/CCCCCCCCCCCCCCCC. The first kappa shape index (κ1) is 94.1. The first-order valence-corrected chi connectivity index (χ1v) is 40.4. The van der Waals surface area contributed by atoms with E-state index < -0.39 is 124 Å². The quantitative estimate of drug-likeness (QED) is 0.0199. The van der Waals surface area contributed by atoms with E-state index in [1.54, 1.807) is 6.08 Å². The smallest absolute Gasteiger partial charge is 0.220 e. The van der Waals surface area contributed by atoms with E-state index in [1.807, 2.05) is 6.08 Å². The van der Waals surface area contributed by atoms with Crippen LogP contribution in [0.1, 0.15) is 264 Å². The van der Waals surface area contributed by atoms with Crippen LogP contribution in [0.4, 0.5) is 0 Å². The largest absolute Gasteiger partial charge is 0.394 e. The summed E-state index contributed by atoms with van der Waals surface area (Å²) in [6.07, 6.45) is 64.3. The van der Waals surface area contributed by atoms with E-state index in [9.17, 15) is 61.0 Å². The van der Waals surface area contributed by atoms with Crippen LogP contribution in [0.2, 0.25) is 0 Å². The Morgan fingerprint density at radius 1 is 0.356 bits per heavy atom. The van der Waals surface area contributed by atoms with E-state index in [4.69, 9.17) is 28.4 Å². The number of aliphatic hydroxyl groups is 11. The van der Waals surface area contributed by atoms with Gasteiger partial charge in [-0.05, 0) is 103 Å². The summed E-state index contributed by atoms with van der Waals surface area (Å²) in [7, 11) is 0. The van der Waals surface area contributed by atoms with Crippen molar-refractivity contribution in [3.8, 4) is 0 Å². The summed E-state index contributed by atoms with van der Waals surface area (Å²) < 4.78 is 34.4. The fourth-order valence-corrected chi connectivity index (χ4v) is 12.7. The molecule has 3 aliphatic rings. The molecular weight excluding hydrogens is 1320 g/mol. The summed E-state index contributed by atoms with van der Waals surface area (Å²) in [6.45, 7) is 1.60. The van der Waals surface area contributed by atoms with Crippen LogP contribution in [0.15, 0.2) is 134 Å². The summed E-state index contributed by atoms with van der Waals surface area (Å²) in [4.78, 5) is 13.5. The number of unbranched alkanes of at least 4 members (excludes halogenated alkanes) is 26. The van der Waals surface area contributed by atoms with Crippen molar-refractivity contribution in [1.29, 1.82) is 0 Å². The van der Waals surface area contributed by atoms with Gasteiger partial charge in [0, 0.05) is 6.42 Å². The molecule has 0 aromatic carbocycles. The predicted octanol–water partition coefficient (Wildman–Crippen LogP) is 13.7. The molecule has 596 valence electrons. The highest BCUT2D eigenvalue weighted by Crippen LogP contribution is 2.33. The molecule has 0 aliphatic carbocycles. The Balaban J connectivity index is 1.36. The second-order valence-corrected chi connectivity index (χ2v) is 28.1. The molecule has 12 N–H and O–H groups in total. The molecule has 0 saturated carbocycles. The third-order valence-electron chi connectivity index (χ3n) is 19.2. The van der Waals surface area contributed by atoms with Crippen LogP contribution >= 0.6 is 0 Å². The fraction of sp³-hybridized carbons (Fsp3) is 0.729. The van der Waals surface area contributed by atoms with Crippen LogP contribution in [0, 0.1) is 0 Å². The van der Waals surface area contributed by atoms with Gasteiger partial charge < -0.3 is 89.9 Å². The van der Waals surface area contributed by atoms with Gasteiger partial charge >= 0.3 is 0 Å². The van der Waals surface area contributed by atoms with Crippen LogP contribution in [0.3, 0.4) is 0 Å². The molecule has 17 atom stereocenters. The zero-order valence-corrected chi connectivity index (χ0v) is 63.7. The Morgan fingerprint density at radius 3 is 1.08 bits per heavy atom. The van der Waals surface area contributed by atoms with Gasteiger partial charge in [-0.3, -0.25) is 4.79 Å². The van der Waals surface area contributed by atoms with Gasteiger partial charge in [-0.2, -0.15) is 0 Å². The molecule has 17 unspecified atom stereocenters. The molecule has 3 fully saturated rings. The van der Waals surface area contributed by atoms with E-state index in [0.717, 1.165) is 109 Å². The van der Waals surface area contributed by atoms with Gasteiger partial charge in [0.05, 0.1) is 38.6 Å². The van der Waals surface area contributed by atoms with Crippen molar-refractivity contribution in [1.82, 2.24) is 5.32 Å². The molecule has 3 rings (SSSR count). The van der Waals surface area contributed by atoms with Crippen LogP contribution in [0.25, 0.3) is 0 Å². The van der Waals surface area contributed by atoms with Gasteiger partial charge in [-0.15, -0.1) is 0 Å². The van der Waals surface area contributed by atoms with Crippen molar-refractivity contribution in [3.63, 3.8) is 0 Å². The van der Waals surface area contributed by atoms with Gasteiger partial charge in [0.1, 0.15) is 73.2 Å². The van der Waals surface area contributed by atoms with E-state index in [2.05, 4.69) is 141 Å². The molecule has 0 radical (unpaired) electrons. The minimum absolute atomic E-state index is 0.224. The average Bonchev–Trinajstić information content (AvgIpc) is 0.783. The maximum atomic E-state index is 13.5. The number of rotatable bonds is 62. The highest BCUT2D eigenvalue weighted by molar-refractivity contribution is 5.76. The van der Waals surface area contributed by atoms with Gasteiger partial charge in [-0.1, -0.05) is 289 Å².